The van der Waals surface area contributed by atoms with Crippen LogP contribution in [0.15, 0.2) is 48.5 Å². The minimum atomic E-state index is -3.84. The molecule has 0 heterocycles. The van der Waals surface area contributed by atoms with Crippen LogP contribution in [0.4, 0.5) is 5.69 Å². The number of rotatable bonds is 13. The molecule has 0 aliphatic heterocycles. The van der Waals surface area contributed by atoms with Gasteiger partial charge in [0, 0.05) is 18.1 Å². The van der Waals surface area contributed by atoms with Gasteiger partial charge in [0.25, 0.3) is 0 Å². The van der Waals surface area contributed by atoms with E-state index in [0.29, 0.717) is 23.9 Å². The van der Waals surface area contributed by atoms with Crippen molar-refractivity contribution >= 4 is 39.1 Å². The van der Waals surface area contributed by atoms with Crippen LogP contribution < -0.4 is 14.4 Å². The second-order valence-electron chi connectivity index (χ2n) is 8.14. The summed E-state index contributed by atoms with van der Waals surface area (Å²) in [6.07, 6.45) is 2.78. The Bertz CT molecular complexity index is 1090. The normalized spacial score (nSPS) is 12.0. The van der Waals surface area contributed by atoms with E-state index in [9.17, 15) is 18.0 Å². The van der Waals surface area contributed by atoms with Gasteiger partial charge in [0.1, 0.15) is 18.3 Å². The monoisotopic (exact) mass is 523 g/mol. The number of unbranched alkanes of at least 4 members (excludes halogenated alkanes) is 1. The Hall–Kier alpha value is -2.78. The van der Waals surface area contributed by atoms with Crippen molar-refractivity contribution in [2.24, 2.45) is 0 Å². The SMILES string of the molecule is CCCCNC(=O)C(C)N(Cc1ccc(Cl)cc1)C(=O)CN(c1ccccc1OCC)S(C)(=O)=O. The molecule has 0 aliphatic carbocycles. The number of ether oxygens (including phenoxy) is 1. The second-order valence-corrected chi connectivity index (χ2v) is 10.5. The standard InChI is InChI=1S/C25H34ClN3O5S/c1-5-7-16-27-25(31)19(3)28(17-20-12-14-21(26)15-13-20)24(30)18-29(35(4,32)33)22-10-8-9-11-23(22)34-6-2/h8-15,19H,5-7,16-18H2,1-4H3,(H,27,31). The number of carbonyl (C=O) groups excluding carboxylic acids is 2. The number of benzene rings is 2. The number of nitrogens with one attached hydrogen (secondary N) is 1. The predicted molar refractivity (Wildman–Crippen MR) is 139 cm³/mol. The largest absolute Gasteiger partial charge is 0.492 e. The molecule has 0 saturated heterocycles. The second kappa shape index (κ2) is 13.3. The van der Waals surface area contributed by atoms with Crippen molar-refractivity contribution in [3.05, 3.63) is 59.1 Å². The summed E-state index contributed by atoms with van der Waals surface area (Å²) in [5, 5.41) is 3.40. The highest BCUT2D eigenvalue weighted by Crippen LogP contribution is 2.30. The van der Waals surface area contributed by atoms with Crippen LogP contribution in [0, 0.1) is 0 Å². The van der Waals surface area contributed by atoms with E-state index in [-0.39, 0.29) is 18.1 Å². The average Bonchev–Trinajstić information content (AvgIpc) is 2.81. The maximum atomic E-state index is 13.6. The fraction of sp³-hybridized carbons (Fsp3) is 0.440. The Morgan fingerprint density at radius 1 is 1.09 bits per heavy atom. The van der Waals surface area contributed by atoms with Crippen molar-refractivity contribution < 1.29 is 22.7 Å². The van der Waals surface area contributed by atoms with E-state index in [4.69, 9.17) is 16.3 Å². The first-order valence-electron chi connectivity index (χ1n) is 11.6. The van der Waals surface area contributed by atoms with Crippen molar-refractivity contribution in [1.29, 1.82) is 0 Å². The van der Waals surface area contributed by atoms with Gasteiger partial charge in [0.05, 0.1) is 18.6 Å². The number of halogens is 1. The number of sulfonamides is 1. The molecule has 2 aromatic carbocycles. The molecule has 0 bridgehead atoms. The average molecular weight is 524 g/mol. The van der Waals surface area contributed by atoms with E-state index >= 15 is 0 Å². The van der Waals surface area contributed by atoms with Gasteiger partial charge in [0.2, 0.25) is 21.8 Å². The Labute approximate surface area is 213 Å². The van der Waals surface area contributed by atoms with Crippen molar-refractivity contribution in [1.82, 2.24) is 10.2 Å². The Balaban J connectivity index is 2.38. The van der Waals surface area contributed by atoms with Gasteiger partial charge >= 0.3 is 0 Å². The van der Waals surface area contributed by atoms with Gasteiger partial charge in [-0.25, -0.2) is 8.42 Å². The third-order valence-electron chi connectivity index (χ3n) is 5.38. The Morgan fingerprint density at radius 2 is 1.74 bits per heavy atom. The third-order valence-corrected chi connectivity index (χ3v) is 6.75. The Morgan fingerprint density at radius 3 is 2.34 bits per heavy atom. The van der Waals surface area contributed by atoms with Crippen molar-refractivity contribution in [3.63, 3.8) is 0 Å². The molecule has 192 valence electrons. The molecule has 8 nitrogen and oxygen atoms in total. The molecular weight excluding hydrogens is 490 g/mol. The fourth-order valence-electron chi connectivity index (χ4n) is 3.44. The predicted octanol–water partition coefficient (Wildman–Crippen LogP) is 3.84. The molecule has 2 aromatic rings. The Kier molecular flexibility index (Phi) is 10.9. The minimum Gasteiger partial charge on any atom is -0.492 e. The maximum absolute atomic E-state index is 13.6. The van der Waals surface area contributed by atoms with Gasteiger partial charge in [-0.1, -0.05) is 49.2 Å². The lowest BCUT2D eigenvalue weighted by Crippen LogP contribution is -2.51. The van der Waals surface area contributed by atoms with E-state index in [2.05, 4.69) is 5.32 Å². The molecule has 35 heavy (non-hydrogen) atoms. The summed E-state index contributed by atoms with van der Waals surface area (Å²) in [6, 6.07) is 12.8. The number of nitrogens with zero attached hydrogens (tertiary/aromatic N) is 2. The first-order chi connectivity index (χ1) is 16.6. The van der Waals surface area contributed by atoms with E-state index < -0.39 is 28.5 Å². The summed E-state index contributed by atoms with van der Waals surface area (Å²) >= 11 is 5.99. The van der Waals surface area contributed by atoms with Gasteiger partial charge in [-0.15, -0.1) is 0 Å². The highest BCUT2D eigenvalue weighted by atomic mass is 35.5. The molecule has 2 amide bonds. The molecular formula is C25H34ClN3O5S. The lowest BCUT2D eigenvalue weighted by molar-refractivity contribution is -0.139. The number of anilines is 1. The highest BCUT2D eigenvalue weighted by Gasteiger charge is 2.31. The number of para-hydroxylation sites is 2. The van der Waals surface area contributed by atoms with E-state index in [1.807, 2.05) is 6.92 Å². The molecule has 0 spiro atoms. The van der Waals surface area contributed by atoms with Gasteiger partial charge < -0.3 is 15.0 Å². The summed E-state index contributed by atoms with van der Waals surface area (Å²) < 4.78 is 32.1. The van der Waals surface area contributed by atoms with Gasteiger partial charge in [-0.05, 0) is 50.1 Å². The zero-order valence-electron chi connectivity index (χ0n) is 20.7. The van der Waals surface area contributed by atoms with Crippen LogP contribution in [-0.2, 0) is 26.2 Å². The van der Waals surface area contributed by atoms with E-state index in [1.165, 1.54) is 4.90 Å². The first-order valence-corrected chi connectivity index (χ1v) is 13.8. The van der Waals surface area contributed by atoms with Crippen LogP contribution in [0.3, 0.4) is 0 Å². The molecule has 0 saturated carbocycles. The molecule has 0 fully saturated rings. The van der Waals surface area contributed by atoms with Crippen LogP contribution in [0.1, 0.15) is 39.2 Å². The van der Waals surface area contributed by atoms with Crippen molar-refractivity contribution in [3.8, 4) is 5.75 Å². The van der Waals surface area contributed by atoms with Gasteiger partial charge in [-0.2, -0.15) is 0 Å². The molecule has 1 N–H and O–H groups in total. The quantitative estimate of drug-likeness (QED) is 0.402. The highest BCUT2D eigenvalue weighted by molar-refractivity contribution is 7.92. The number of amides is 2. The summed E-state index contributed by atoms with van der Waals surface area (Å²) in [7, 11) is -3.84. The molecule has 1 unspecified atom stereocenters. The van der Waals surface area contributed by atoms with Crippen molar-refractivity contribution in [2.75, 3.05) is 30.3 Å². The van der Waals surface area contributed by atoms with Crippen LogP contribution in [-0.4, -0.2) is 57.1 Å². The van der Waals surface area contributed by atoms with Crippen molar-refractivity contribution in [2.45, 2.75) is 46.2 Å². The van der Waals surface area contributed by atoms with Crippen LogP contribution in [0.25, 0.3) is 0 Å². The third kappa shape index (κ3) is 8.43. The van der Waals surface area contributed by atoms with Crippen LogP contribution in [0.2, 0.25) is 5.02 Å². The first kappa shape index (κ1) is 28.5. The molecule has 0 aliphatic rings. The summed E-state index contributed by atoms with van der Waals surface area (Å²) in [5.41, 5.74) is 1.02. The lowest BCUT2D eigenvalue weighted by Gasteiger charge is -2.32. The molecule has 2 rings (SSSR count). The van der Waals surface area contributed by atoms with Gasteiger partial charge in [0.15, 0.2) is 0 Å². The zero-order chi connectivity index (χ0) is 26.0. The number of hydrogen-bond acceptors (Lipinski definition) is 5. The number of carbonyl (C=O) groups is 2. The van der Waals surface area contributed by atoms with Gasteiger partial charge in [-0.3, -0.25) is 13.9 Å². The van der Waals surface area contributed by atoms with E-state index in [1.54, 1.807) is 62.4 Å². The van der Waals surface area contributed by atoms with Crippen LogP contribution >= 0.6 is 11.6 Å². The van der Waals surface area contributed by atoms with E-state index in [0.717, 1.165) is 29.0 Å². The minimum absolute atomic E-state index is 0.114. The molecule has 0 aromatic heterocycles. The van der Waals surface area contributed by atoms with Crippen LogP contribution in [0.5, 0.6) is 5.75 Å². The molecule has 0 radical (unpaired) electrons. The molecule has 10 heteroatoms. The summed E-state index contributed by atoms with van der Waals surface area (Å²) in [4.78, 5) is 27.8. The topological polar surface area (TPSA) is 96.0 Å². The lowest BCUT2D eigenvalue weighted by atomic mass is 10.1. The molecule has 1 atom stereocenters. The maximum Gasteiger partial charge on any atom is 0.244 e. The number of hydrogen-bond donors (Lipinski definition) is 1. The zero-order valence-corrected chi connectivity index (χ0v) is 22.2. The fourth-order valence-corrected chi connectivity index (χ4v) is 4.42. The summed E-state index contributed by atoms with van der Waals surface area (Å²) in [5.74, 6) is -0.473. The summed E-state index contributed by atoms with van der Waals surface area (Å²) in [6.45, 7) is 5.91. The smallest absolute Gasteiger partial charge is 0.244 e.